The van der Waals surface area contributed by atoms with E-state index in [-0.39, 0.29) is 12.0 Å². The molecule has 0 saturated carbocycles. The molecule has 0 radical (unpaired) electrons. The predicted molar refractivity (Wildman–Crippen MR) is 95.7 cm³/mol. The summed E-state index contributed by atoms with van der Waals surface area (Å²) in [6.07, 6.45) is 12.4. The van der Waals surface area contributed by atoms with E-state index in [1.165, 1.54) is 38.9 Å². The molecule has 2 unspecified atom stereocenters. The van der Waals surface area contributed by atoms with Crippen molar-refractivity contribution in [2.24, 2.45) is 17.4 Å². The fourth-order valence-corrected chi connectivity index (χ4v) is 4.91. The Kier molecular flexibility index (Phi) is 3.55. The van der Waals surface area contributed by atoms with Gasteiger partial charge in [-0.15, -0.1) is 11.3 Å². The number of hydrogen-bond acceptors (Lipinski definition) is 3. The monoisotopic (exact) mass is 310 g/mol. The summed E-state index contributed by atoms with van der Waals surface area (Å²) in [6, 6.07) is 6.74. The highest BCUT2D eigenvalue weighted by atomic mass is 32.1. The van der Waals surface area contributed by atoms with E-state index in [0.717, 1.165) is 25.0 Å². The molecule has 0 amide bonds. The van der Waals surface area contributed by atoms with Crippen molar-refractivity contribution in [2.75, 3.05) is 0 Å². The second-order valence-corrected chi connectivity index (χ2v) is 7.54. The largest absolute Gasteiger partial charge is 0.402 e. The number of benzene rings is 1. The molecule has 0 fully saturated rings. The van der Waals surface area contributed by atoms with Crippen LogP contribution in [0.5, 0.6) is 0 Å². The zero-order valence-corrected chi connectivity index (χ0v) is 13.5. The first-order valence-electron chi connectivity index (χ1n) is 8.17. The van der Waals surface area contributed by atoms with Gasteiger partial charge in [-0.25, -0.2) is 0 Å². The molecule has 0 spiro atoms. The van der Waals surface area contributed by atoms with Crippen LogP contribution in [0, 0.1) is 5.92 Å². The molecule has 2 aliphatic carbocycles. The van der Waals surface area contributed by atoms with Gasteiger partial charge in [0, 0.05) is 32.6 Å². The zero-order valence-electron chi connectivity index (χ0n) is 12.7. The summed E-state index contributed by atoms with van der Waals surface area (Å²) in [7, 11) is 0. The summed E-state index contributed by atoms with van der Waals surface area (Å²) in [6.45, 7) is 0. The molecule has 0 saturated heterocycles. The third-order valence-corrected chi connectivity index (χ3v) is 6.24. The Balaban J connectivity index is 1.75. The molecule has 0 bridgehead atoms. The second kappa shape index (κ2) is 5.56. The summed E-state index contributed by atoms with van der Waals surface area (Å²) in [5.41, 5.74) is 16.4. The van der Waals surface area contributed by atoms with Crippen LogP contribution in [0.15, 0.2) is 36.0 Å². The quantitative estimate of drug-likeness (QED) is 0.858. The minimum Gasteiger partial charge on any atom is -0.402 e. The third kappa shape index (κ3) is 2.29. The maximum atomic E-state index is 6.56. The Hall–Kier alpha value is -1.58. The molecule has 2 aliphatic rings. The molecule has 4 rings (SSSR count). The van der Waals surface area contributed by atoms with Gasteiger partial charge in [-0.05, 0) is 55.4 Å². The van der Waals surface area contributed by atoms with Crippen molar-refractivity contribution in [3.05, 3.63) is 52.1 Å². The lowest BCUT2D eigenvalue weighted by Crippen LogP contribution is -2.28. The van der Waals surface area contributed by atoms with Crippen LogP contribution >= 0.6 is 11.3 Å². The molecule has 3 heteroatoms. The third-order valence-electron chi connectivity index (χ3n) is 5.00. The van der Waals surface area contributed by atoms with Crippen LogP contribution in [0.25, 0.3) is 16.2 Å². The number of hydrogen-bond donors (Lipinski definition) is 2. The molecule has 1 aromatic heterocycles. The average molecular weight is 310 g/mol. The number of fused-ring (bicyclic) bond motifs is 3. The Morgan fingerprint density at radius 3 is 3.00 bits per heavy atom. The molecule has 1 heterocycles. The number of aryl methyl sites for hydroxylation is 1. The molecular formula is C19H22N2S. The van der Waals surface area contributed by atoms with E-state index in [0.29, 0.717) is 0 Å². The van der Waals surface area contributed by atoms with Gasteiger partial charge in [-0.3, -0.25) is 0 Å². The van der Waals surface area contributed by atoms with Crippen LogP contribution < -0.4 is 11.5 Å². The highest BCUT2D eigenvalue weighted by molar-refractivity contribution is 7.19. The lowest BCUT2D eigenvalue weighted by Gasteiger charge is -2.27. The summed E-state index contributed by atoms with van der Waals surface area (Å²) >= 11 is 1.93. The number of thiophene rings is 1. The first kappa shape index (κ1) is 14.0. The summed E-state index contributed by atoms with van der Waals surface area (Å²) in [4.78, 5) is 1.51. The molecule has 2 atom stereocenters. The lowest BCUT2D eigenvalue weighted by atomic mass is 9.83. The van der Waals surface area contributed by atoms with Gasteiger partial charge in [0.2, 0.25) is 0 Å². The van der Waals surface area contributed by atoms with E-state index in [2.05, 4.69) is 36.4 Å². The van der Waals surface area contributed by atoms with E-state index in [4.69, 9.17) is 11.5 Å². The smallest absolute Gasteiger partial charge is 0.0378 e. The van der Waals surface area contributed by atoms with Gasteiger partial charge in [-0.1, -0.05) is 24.3 Å². The van der Waals surface area contributed by atoms with Crippen LogP contribution in [-0.4, -0.2) is 0 Å². The van der Waals surface area contributed by atoms with Gasteiger partial charge in [0.25, 0.3) is 0 Å². The van der Waals surface area contributed by atoms with Gasteiger partial charge in [-0.2, -0.15) is 0 Å². The van der Waals surface area contributed by atoms with Crippen molar-refractivity contribution in [2.45, 2.75) is 38.1 Å². The van der Waals surface area contributed by atoms with Crippen LogP contribution in [0.2, 0.25) is 0 Å². The Morgan fingerprint density at radius 2 is 2.14 bits per heavy atom. The van der Waals surface area contributed by atoms with Crippen LogP contribution in [0.1, 0.15) is 47.7 Å². The van der Waals surface area contributed by atoms with Crippen LogP contribution in [0.4, 0.5) is 0 Å². The second-order valence-electron chi connectivity index (χ2n) is 6.40. The van der Waals surface area contributed by atoms with Gasteiger partial charge in [0.1, 0.15) is 0 Å². The summed E-state index contributed by atoms with van der Waals surface area (Å²) < 4.78 is 1.37. The molecule has 22 heavy (non-hydrogen) atoms. The fourth-order valence-electron chi connectivity index (χ4n) is 3.72. The maximum Gasteiger partial charge on any atom is 0.0378 e. The van der Waals surface area contributed by atoms with Crippen molar-refractivity contribution < 1.29 is 0 Å². The van der Waals surface area contributed by atoms with Crippen molar-refractivity contribution in [3.8, 4) is 0 Å². The Bertz CT molecular complexity index is 769. The molecule has 0 aliphatic heterocycles. The van der Waals surface area contributed by atoms with E-state index >= 15 is 0 Å². The zero-order chi connectivity index (χ0) is 15.1. The molecule has 1 aromatic carbocycles. The van der Waals surface area contributed by atoms with Gasteiger partial charge < -0.3 is 11.5 Å². The predicted octanol–water partition coefficient (Wildman–Crippen LogP) is 4.50. The van der Waals surface area contributed by atoms with Crippen LogP contribution in [-0.2, 0) is 6.42 Å². The highest BCUT2D eigenvalue weighted by Gasteiger charge is 2.24. The van der Waals surface area contributed by atoms with Crippen molar-refractivity contribution >= 4 is 27.5 Å². The first-order valence-corrected chi connectivity index (χ1v) is 8.98. The Morgan fingerprint density at radius 1 is 1.23 bits per heavy atom. The van der Waals surface area contributed by atoms with E-state index in [9.17, 15) is 0 Å². The van der Waals surface area contributed by atoms with Crippen molar-refractivity contribution in [1.29, 1.82) is 0 Å². The molecule has 114 valence electrons. The summed E-state index contributed by atoms with van der Waals surface area (Å²) in [5, 5.41) is 1.36. The lowest BCUT2D eigenvalue weighted by molar-refractivity contribution is 0.427. The van der Waals surface area contributed by atoms with Crippen LogP contribution in [0.3, 0.4) is 0 Å². The Labute approximate surface area is 135 Å². The number of rotatable bonds is 2. The van der Waals surface area contributed by atoms with Crippen molar-refractivity contribution in [3.63, 3.8) is 0 Å². The minimum atomic E-state index is 0.00377. The van der Waals surface area contributed by atoms with Gasteiger partial charge >= 0.3 is 0 Å². The fraction of sp³-hybridized carbons (Fsp3) is 0.368. The van der Waals surface area contributed by atoms with Crippen molar-refractivity contribution in [1.82, 2.24) is 0 Å². The number of allylic oxidation sites excluding steroid dienone is 2. The minimum absolute atomic E-state index is 0.00377. The van der Waals surface area contributed by atoms with Gasteiger partial charge in [0.15, 0.2) is 0 Å². The molecule has 4 N–H and O–H groups in total. The highest BCUT2D eigenvalue weighted by Crippen LogP contribution is 2.38. The number of nitrogens with two attached hydrogens (primary N) is 2. The summed E-state index contributed by atoms with van der Waals surface area (Å²) in [5.74, 6) is 0.288. The maximum absolute atomic E-state index is 6.56. The van der Waals surface area contributed by atoms with Gasteiger partial charge in [0.05, 0.1) is 0 Å². The van der Waals surface area contributed by atoms with E-state index < -0.39 is 0 Å². The van der Waals surface area contributed by atoms with E-state index in [1.807, 2.05) is 11.3 Å². The topological polar surface area (TPSA) is 52.0 Å². The standard InChI is InChI=1S/C19H22N2S/c20-16-7-3-1-6-14(16)19(21)12-9-10-18-15(11-12)13-5-2-4-8-17(13)22-18/h2,5,7,9-11,14,19H,1,3-4,6,8,20-21H2. The SMILES string of the molecule is NC1=CCCCC1C(N)c1ccc2sc3c(c2c1)C=CCC3. The molecule has 2 aromatic rings. The normalized spacial score (nSPS) is 22.4. The first-order chi connectivity index (χ1) is 10.7. The molecule has 2 nitrogen and oxygen atoms in total. The van der Waals surface area contributed by atoms with E-state index in [1.54, 1.807) is 0 Å². The molecular weight excluding hydrogens is 288 g/mol. The average Bonchev–Trinajstić information content (AvgIpc) is 2.92.